The van der Waals surface area contributed by atoms with Gasteiger partial charge in [0.2, 0.25) is 10.0 Å². The zero-order chi connectivity index (χ0) is 21.8. The van der Waals surface area contributed by atoms with Gasteiger partial charge in [0.05, 0.1) is 29.2 Å². The van der Waals surface area contributed by atoms with E-state index >= 15 is 0 Å². The van der Waals surface area contributed by atoms with Gasteiger partial charge in [0, 0.05) is 6.20 Å². The highest BCUT2D eigenvalue weighted by Gasteiger charge is 2.30. The van der Waals surface area contributed by atoms with Crippen molar-refractivity contribution in [2.24, 2.45) is 0 Å². The fourth-order valence-electron chi connectivity index (χ4n) is 2.70. The van der Waals surface area contributed by atoms with Crippen LogP contribution in [0.1, 0.15) is 18.2 Å². The van der Waals surface area contributed by atoms with Gasteiger partial charge >= 0.3 is 6.18 Å². The van der Waals surface area contributed by atoms with E-state index < -0.39 is 21.8 Å². The molecule has 158 valence electrons. The average molecular weight is 436 g/mol. The minimum Gasteiger partial charge on any atom is -0.457 e. The second-order valence-electron chi connectivity index (χ2n) is 6.35. The fraction of sp³-hybridized carbons (Fsp3) is 0.190. The predicted molar refractivity (Wildman–Crippen MR) is 108 cm³/mol. The van der Waals surface area contributed by atoms with Crippen LogP contribution in [0.3, 0.4) is 0 Å². The third-order valence-corrected chi connectivity index (χ3v) is 6.00. The summed E-state index contributed by atoms with van der Waals surface area (Å²) >= 11 is 0. The number of hydrogen-bond acceptors (Lipinski definition) is 4. The normalized spacial score (nSPS) is 11.9. The molecule has 0 amide bonds. The van der Waals surface area contributed by atoms with Crippen molar-refractivity contribution in [1.29, 1.82) is 0 Å². The molecule has 0 aliphatic carbocycles. The lowest BCUT2D eigenvalue weighted by Gasteiger charge is -2.23. The summed E-state index contributed by atoms with van der Waals surface area (Å²) in [6, 6.07) is 15.9. The Morgan fingerprint density at radius 1 is 0.967 bits per heavy atom. The molecule has 0 saturated carbocycles. The van der Waals surface area contributed by atoms with Crippen LogP contribution in [0, 0.1) is 0 Å². The van der Waals surface area contributed by atoms with E-state index in [-0.39, 0.29) is 23.8 Å². The first-order chi connectivity index (χ1) is 14.2. The van der Waals surface area contributed by atoms with Crippen molar-refractivity contribution in [2.75, 3.05) is 10.1 Å². The summed E-state index contributed by atoms with van der Waals surface area (Å²) in [5.74, 6) is 0.219. The third-order valence-electron chi connectivity index (χ3n) is 4.25. The zero-order valence-electron chi connectivity index (χ0n) is 16.0. The largest absolute Gasteiger partial charge is 0.457 e. The monoisotopic (exact) mass is 436 g/mol. The summed E-state index contributed by atoms with van der Waals surface area (Å²) in [6.45, 7) is 1.61. The molecule has 9 heteroatoms. The van der Waals surface area contributed by atoms with E-state index in [1.807, 2.05) is 0 Å². The molecule has 1 aromatic heterocycles. The number of ether oxygens (including phenoxy) is 1. The number of hydrogen-bond donors (Lipinski definition) is 0. The molecular weight excluding hydrogens is 417 g/mol. The molecule has 3 rings (SSSR count). The number of sulfonamides is 1. The summed E-state index contributed by atoms with van der Waals surface area (Å²) in [7, 11) is -3.58. The Balaban J connectivity index is 1.83. The molecule has 2 aromatic carbocycles. The van der Waals surface area contributed by atoms with Crippen molar-refractivity contribution in [3.05, 3.63) is 84.2 Å². The fourth-order valence-corrected chi connectivity index (χ4v) is 3.78. The van der Waals surface area contributed by atoms with Gasteiger partial charge in [-0.1, -0.05) is 12.1 Å². The molecule has 0 fully saturated rings. The molecule has 1 heterocycles. The predicted octanol–water partition coefficient (Wildman–Crippen LogP) is 5.25. The first-order valence-electron chi connectivity index (χ1n) is 9.04. The number of nitrogens with zero attached hydrogens (tertiary/aromatic N) is 2. The summed E-state index contributed by atoms with van der Waals surface area (Å²) in [6.07, 6.45) is -2.89. The maximum absolute atomic E-state index is 12.8. The van der Waals surface area contributed by atoms with E-state index in [2.05, 4.69) is 4.98 Å². The lowest BCUT2D eigenvalue weighted by atomic mass is 10.2. The number of benzene rings is 2. The number of alkyl halides is 3. The minimum atomic E-state index is -4.47. The minimum absolute atomic E-state index is 0.0316. The molecule has 0 radical (unpaired) electrons. The van der Waals surface area contributed by atoms with E-state index in [1.165, 1.54) is 28.6 Å². The van der Waals surface area contributed by atoms with Crippen LogP contribution in [-0.4, -0.2) is 19.2 Å². The lowest BCUT2D eigenvalue weighted by molar-refractivity contribution is -0.137. The van der Waals surface area contributed by atoms with Crippen LogP contribution in [0.5, 0.6) is 11.5 Å². The molecule has 5 nitrogen and oxygen atoms in total. The van der Waals surface area contributed by atoms with Crippen molar-refractivity contribution < 1.29 is 26.3 Å². The average Bonchev–Trinajstić information content (AvgIpc) is 2.73. The SMILES string of the molecule is CCS(=O)(=O)N(Cc1ccccn1)c1ccc(Oc2cccc(C(F)(F)F)c2)cc1. The molecule has 3 aromatic rings. The van der Waals surface area contributed by atoms with Gasteiger partial charge in [0.25, 0.3) is 0 Å². The van der Waals surface area contributed by atoms with Crippen LogP contribution in [0.4, 0.5) is 18.9 Å². The molecule has 0 aliphatic rings. The van der Waals surface area contributed by atoms with Gasteiger partial charge in [-0.3, -0.25) is 9.29 Å². The number of aromatic nitrogens is 1. The highest BCUT2D eigenvalue weighted by atomic mass is 32.2. The molecule has 0 spiro atoms. The number of rotatable bonds is 7. The van der Waals surface area contributed by atoms with Crippen molar-refractivity contribution in [2.45, 2.75) is 19.6 Å². The van der Waals surface area contributed by atoms with Gasteiger partial charge in [-0.05, 0) is 61.5 Å². The van der Waals surface area contributed by atoms with Crippen molar-refractivity contribution in [1.82, 2.24) is 4.98 Å². The maximum Gasteiger partial charge on any atom is 0.416 e. The van der Waals surface area contributed by atoms with Crippen molar-refractivity contribution in [3.63, 3.8) is 0 Å². The third kappa shape index (κ3) is 5.29. The molecule has 0 N–H and O–H groups in total. The topological polar surface area (TPSA) is 59.5 Å². The Kier molecular flexibility index (Phi) is 6.31. The van der Waals surface area contributed by atoms with Gasteiger partial charge < -0.3 is 4.74 Å². The molecular formula is C21H19F3N2O3S. The summed E-state index contributed by atoms with van der Waals surface area (Å²) < 4.78 is 70.4. The van der Waals surface area contributed by atoms with Crippen LogP contribution in [0.25, 0.3) is 0 Å². The standard InChI is InChI=1S/C21H19F3N2O3S/c1-2-30(27,28)26(15-17-7-3-4-13-25-17)18-9-11-19(12-10-18)29-20-8-5-6-16(14-20)21(22,23)24/h3-14H,2,15H2,1H3. The van der Waals surface area contributed by atoms with E-state index in [1.54, 1.807) is 43.5 Å². The van der Waals surface area contributed by atoms with Gasteiger partial charge in [0.1, 0.15) is 11.5 Å². The summed E-state index contributed by atoms with van der Waals surface area (Å²) in [5.41, 5.74) is 0.171. The molecule has 30 heavy (non-hydrogen) atoms. The zero-order valence-corrected chi connectivity index (χ0v) is 16.8. The number of anilines is 1. The van der Waals surface area contributed by atoms with E-state index in [9.17, 15) is 21.6 Å². The Morgan fingerprint density at radius 2 is 1.70 bits per heavy atom. The summed E-state index contributed by atoms with van der Waals surface area (Å²) in [5, 5.41) is 0. The Bertz CT molecular complexity index is 1090. The van der Waals surface area contributed by atoms with Crippen LogP contribution in [-0.2, 0) is 22.7 Å². The Labute approximate surface area is 172 Å². The van der Waals surface area contributed by atoms with E-state index in [4.69, 9.17) is 4.74 Å². The van der Waals surface area contributed by atoms with Crippen LogP contribution < -0.4 is 9.04 Å². The van der Waals surface area contributed by atoms with Gasteiger partial charge in [-0.25, -0.2) is 8.42 Å². The Hall–Kier alpha value is -3.07. The molecule has 0 unspecified atom stereocenters. The van der Waals surface area contributed by atoms with Crippen molar-refractivity contribution in [3.8, 4) is 11.5 Å². The number of pyridine rings is 1. The van der Waals surface area contributed by atoms with E-state index in [0.717, 1.165) is 12.1 Å². The molecule has 0 bridgehead atoms. The second kappa shape index (κ2) is 8.74. The molecule has 0 aliphatic heterocycles. The smallest absolute Gasteiger partial charge is 0.416 e. The lowest BCUT2D eigenvalue weighted by Crippen LogP contribution is -2.32. The van der Waals surface area contributed by atoms with E-state index in [0.29, 0.717) is 11.4 Å². The Morgan fingerprint density at radius 3 is 2.30 bits per heavy atom. The first-order valence-corrected chi connectivity index (χ1v) is 10.7. The second-order valence-corrected chi connectivity index (χ2v) is 8.53. The van der Waals surface area contributed by atoms with Gasteiger partial charge in [0.15, 0.2) is 0 Å². The summed E-state index contributed by atoms with van der Waals surface area (Å²) in [4.78, 5) is 4.17. The highest BCUT2D eigenvalue weighted by Crippen LogP contribution is 2.33. The number of halogens is 3. The van der Waals surface area contributed by atoms with Crippen LogP contribution >= 0.6 is 0 Å². The highest BCUT2D eigenvalue weighted by molar-refractivity contribution is 7.92. The maximum atomic E-state index is 12.8. The van der Waals surface area contributed by atoms with Gasteiger partial charge in [-0.15, -0.1) is 0 Å². The molecule has 0 atom stereocenters. The van der Waals surface area contributed by atoms with Crippen LogP contribution in [0.2, 0.25) is 0 Å². The first kappa shape index (κ1) is 21.6. The molecule has 0 saturated heterocycles. The van der Waals surface area contributed by atoms with Gasteiger partial charge in [-0.2, -0.15) is 13.2 Å². The van der Waals surface area contributed by atoms with Crippen molar-refractivity contribution >= 4 is 15.7 Å². The van der Waals surface area contributed by atoms with Crippen LogP contribution in [0.15, 0.2) is 72.9 Å². The quantitative estimate of drug-likeness (QED) is 0.508.